The van der Waals surface area contributed by atoms with Crippen molar-refractivity contribution >= 4 is 17.5 Å². The number of anilines is 1. The number of carbonyl (C=O) groups excluding carboxylic acids is 2. The van der Waals surface area contributed by atoms with Gasteiger partial charge in [0.25, 0.3) is 0 Å². The Kier molecular flexibility index (Phi) is 5.41. The van der Waals surface area contributed by atoms with Gasteiger partial charge in [-0.15, -0.1) is 0 Å². The summed E-state index contributed by atoms with van der Waals surface area (Å²) in [6.45, 7) is 7.38. The molecule has 116 valence electrons. The average molecular weight is 298 g/mol. The van der Waals surface area contributed by atoms with E-state index in [4.69, 9.17) is 0 Å². The maximum Gasteiger partial charge on any atom is 0.239 e. The summed E-state index contributed by atoms with van der Waals surface area (Å²) in [5, 5.41) is 2.17. The predicted octanol–water partition coefficient (Wildman–Crippen LogP) is 2.80. The van der Waals surface area contributed by atoms with E-state index in [0.717, 1.165) is 12.1 Å². The smallest absolute Gasteiger partial charge is 0.239 e. The molecule has 0 aliphatic heterocycles. The minimum atomic E-state index is -1.42. The van der Waals surface area contributed by atoms with Crippen molar-refractivity contribution in [3.8, 4) is 0 Å². The van der Waals surface area contributed by atoms with Crippen LogP contribution in [0.1, 0.15) is 27.7 Å². The Labute approximate surface area is 123 Å². The van der Waals surface area contributed by atoms with E-state index in [9.17, 15) is 18.4 Å². The quantitative estimate of drug-likeness (QED) is 0.850. The summed E-state index contributed by atoms with van der Waals surface area (Å²) in [6, 6.07) is 3.28. The minimum absolute atomic E-state index is 0.387. The Morgan fingerprint density at radius 3 is 2.05 bits per heavy atom. The molecule has 0 saturated heterocycles. The van der Waals surface area contributed by atoms with Crippen LogP contribution < -0.4 is 5.32 Å². The number of nitrogens with zero attached hydrogens (tertiary/aromatic N) is 1. The highest BCUT2D eigenvalue weighted by Gasteiger charge is 2.39. The Morgan fingerprint density at radius 2 is 1.62 bits per heavy atom. The van der Waals surface area contributed by atoms with E-state index < -0.39 is 28.6 Å². The highest BCUT2D eigenvalue weighted by molar-refractivity contribution is 6.09. The highest BCUT2D eigenvalue weighted by atomic mass is 19.1. The molecule has 0 aliphatic rings. The fraction of sp³-hybridized carbons (Fsp3) is 0.467. The van der Waals surface area contributed by atoms with E-state index in [1.54, 1.807) is 13.8 Å². The van der Waals surface area contributed by atoms with E-state index in [-0.39, 0.29) is 5.91 Å². The molecule has 0 atom stereocenters. The van der Waals surface area contributed by atoms with E-state index in [1.807, 2.05) is 0 Å². The SMILES string of the molecule is CCN(CC)C(=O)C(C)(C)C(=O)Nc1c(F)cccc1F. The molecule has 0 unspecified atom stereocenters. The second-order valence-electron chi connectivity index (χ2n) is 5.15. The lowest BCUT2D eigenvalue weighted by Crippen LogP contribution is -2.47. The molecule has 2 amide bonds. The topological polar surface area (TPSA) is 49.4 Å². The molecule has 1 aromatic carbocycles. The zero-order chi connectivity index (χ0) is 16.2. The molecule has 0 saturated carbocycles. The summed E-state index contributed by atoms with van der Waals surface area (Å²) in [4.78, 5) is 26.0. The molecule has 0 radical (unpaired) electrons. The van der Waals surface area contributed by atoms with Crippen molar-refractivity contribution in [3.63, 3.8) is 0 Å². The van der Waals surface area contributed by atoms with Gasteiger partial charge in [0.15, 0.2) is 0 Å². The summed E-state index contributed by atoms with van der Waals surface area (Å²) >= 11 is 0. The Morgan fingerprint density at radius 1 is 1.14 bits per heavy atom. The van der Waals surface area contributed by atoms with Crippen molar-refractivity contribution in [2.45, 2.75) is 27.7 Å². The van der Waals surface area contributed by atoms with Crippen molar-refractivity contribution in [1.82, 2.24) is 4.90 Å². The first kappa shape index (κ1) is 17.1. The lowest BCUT2D eigenvalue weighted by atomic mass is 9.90. The van der Waals surface area contributed by atoms with Crippen molar-refractivity contribution < 1.29 is 18.4 Å². The van der Waals surface area contributed by atoms with Crippen LogP contribution in [0.15, 0.2) is 18.2 Å². The van der Waals surface area contributed by atoms with Crippen molar-refractivity contribution in [3.05, 3.63) is 29.8 Å². The number of nitrogens with one attached hydrogen (secondary N) is 1. The van der Waals surface area contributed by atoms with Gasteiger partial charge in [-0.3, -0.25) is 9.59 Å². The van der Waals surface area contributed by atoms with Crippen LogP contribution in [0.2, 0.25) is 0 Å². The van der Waals surface area contributed by atoms with Gasteiger partial charge in [-0.05, 0) is 39.8 Å². The molecule has 0 heterocycles. The third-order valence-electron chi connectivity index (χ3n) is 3.35. The second-order valence-corrected chi connectivity index (χ2v) is 5.15. The van der Waals surface area contributed by atoms with Crippen molar-refractivity contribution in [1.29, 1.82) is 0 Å². The van der Waals surface area contributed by atoms with Gasteiger partial charge in [0, 0.05) is 13.1 Å². The monoisotopic (exact) mass is 298 g/mol. The van der Waals surface area contributed by atoms with Gasteiger partial charge >= 0.3 is 0 Å². The molecule has 0 fully saturated rings. The third-order valence-corrected chi connectivity index (χ3v) is 3.35. The highest BCUT2D eigenvalue weighted by Crippen LogP contribution is 2.24. The average Bonchev–Trinajstić information content (AvgIpc) is 2.43. The van der Waals surface area contributed by atoms with E-state index >= 15 is 0 Å². The minimum Gasteiger partial charge on any atom is -0.342 e. The van der Waals surface area contributed by atoms with Crippen molar-refractivity contribution in [2.24, 2.45) is 5.41 Å². The maximum absolute atomic E-state index is 13.5. The number of benzene rings is 1. The lowest BCUT2D eigenvalue weighted by molar-refractivity contribution is -0.146. The molecule has 0 aliphatic carbocycles. The number of hydrogen-bond acceptors (Lipinski definition) is 2. The molecule has 0 bridgehead atoms. The van der Waals surface area contributed by atoms with Crippen LogP contribution in [0.25, 0.3) is 0 Å². The van der Waals surface area contributed by atoms with Crippen LogP contribution in [0, 0.1) is 17.0 Å². The van der Waals surface area contributed by atoms with E-state index in [1.165, 1.54) is 24.8 Å². The molecule has 1 N–H and O–H groups in total. The molecule has 1 rings (SSSR count). The van der Waals surface area contributed by atoms with Gasteiger partial charge in [0.1, 0.15) is 22.7 Å². The zero-order valence-corrected chi connectivity index (χ0v) is 12.7. The molecule has 6 heteroatoms. The van der Waals surface area contributed by atoms with E-state index in [0.29, 0.717) is 13.1 Å². The standard InChI is InChI=1S/C15H20F2N2O2/c1-5-19(6-2)14(21)15(3,4)13(20)18-12-10(16)8-7-9-11(12)17/h7-9H,5-6H2,1-4H3,(H,18,20). The number of para-hydroxylation sites is 1. The van der Waals surface area contributed by atoms with Crippen LogP contribution in [-0.2, 0) is 9.59 Å². The van der Waals surface area contributed by atoms with Gasteiger partial charge in [0.05, 0.1) is 0 Å². The zero-order valence-electron chi connectivity index (χ0n) is 12.7. The van der Waals surface area contributed by atoms with Crippen LogP contribution in [0.4, 0.5) is 14.5 Å². The number of amides is 2. The lowest BCUT2D eigenvalue weighted by Gasteiger charge is -2.29. The molecular formula is C15H20F2N2O2. The summed E-state index contributed by atoms with van der Waals surface area (Å²) in [6.07, 6.45) is 0. The molecule has 21 heavy (non-hydrogen) atoms. The maximum atomic E-state index is 13.5. The summed E-state index contributed by atoms with van der Waals surface area (Å²) in [7, 11) is 0. The molecule has 0 aromatic heterocycles. The van der Waals surface area contributed by atoms with Gasteiger partial charge in [-0.1, -0.05) is 6.07 Å². The fourth-order valence-electron chi connectivity index (χ4n) is 1.89. The fourth-order valence-corrected chi connectivity index (χ4v) is 1.89. The summed E-state index contributed by atoms with van der Waals surface area (Å²) in [5.41, 5.74) is -1.95. The van der Waals surface area contributed by atoms with Crippen LogP contribution in [0.5, 0.6) is 0 Å². The number of halogens is 2. The number of carbonyl (C=O) groups is 2. The van der Waals surface area contributed by atoms with Gasteiger partial charge in [-0.2, -0.15) is 0 Å². The van der Waals surface area contributed by atoms with Gasteiger partial charge in [-0.25, -0.2) is 8.78 Å². The number of rotatable bonds is 5. The Balaban J connectivity index is 2.99. The molecular weight excluding hydrogens is 278 g/mol. The Bertz CT molecular complexity index is 520. The van der Waals surface area contributed by atoms with E-state index in [2.05, 4.69) is 5.32 Å². The van der Waals surface area contributed by atoms with Gasteiger partial charge in [0.2, 0.25) is 11.8 Å². The molecule has 1 aromatic rings. The predicted molar refractivity (Wildman–Crippen MR) is 76.7 cm³/mol. The second kappa shape index (κ2) is 6.65. The van der Waals surface area contributed by atoms with Crippen LogP contribution in [0.3, 0.4) is 0 Å². The van der Waals surface area contributed by atoms with Crippen LogP contribution >= 0.6 is 0 Å². The summed E-state index contributed by atoms with van der Waals surface area (Å²) < 4.78 is 27.1. The first-order chi connectivity index (χ1) is 9.75. The first-order valence-electron chi connectivity index (χ1n) is 6.80. The van der Waals surface area contributed by atoms with Crippen LogP contribution in [-0.4, -0.2) is 29.8 Å². The first-order valence-corrected chi connectivity index (χ1v) is 6.80. The molecule has 4 nitrogen and oxygen atoms in total. The van der Waals surface area contributed by atoms with Gasteiger partial charge < -0.3 is 10.2 Å². The largest absolute Gasteiger partial charge is 0.342 e. The summed E-state index contributed by atoms with van der Waals surface area (Å²) in [5.74, 6) is -2.89. The normalized spacial score (nSPS) is 11.1. The third kappa shape index (κ3) is 3.56. The molecule has 0 spiro atoms. The Hall–Kier alpha value is -1.98. The number of hydrogen-bond donors (Lipinski definition) is 1. The van der Waals surface area contributed by atoms with Crippen molar-refractivity contribution in [2.75, 3.05) is 18.4 Å².